The lowest BCUT2D eigenvalue weighted by molar-refractivity contribution is 0.242. The summed E-state index contributed by atoms with van der Waals surface area (Å²) in [4.78, 5) is 2.66. The highest BCUT2D eigenvalue weighted by Gasteiger charge is 2.16. The molecule has 0 spiro atoms. The van der Waals surface area contributed by atoms with Crippen LogP contribution in [0.1, 0.15) is 52.4 Å². The molecule has 0 aromatic rings. The predicted octanol–water partition coefficient (Wildman–Crippen LogP) is 2.64. The minimum atomic E-state index is 0.777. The molecule has 0 bridgehead atoms. The van der Waals surface area contributed by atoms with Gasteiger partial charge in [0.25, 0.3) is 0 Å². The zero-order valence-electron chi connectivity index (χ0n) is 10.6. The Kier molecular flexibility index (Phi) is 7.03. The van der Waals surface area contributed by atoms with Gasteiger partial charge in [0.2, 0.25) is 0 Å². The molecule has 0 aliphatic carbocycles. The summed E-state index contributed by atoms with van der Waals surface area (Å²) >= 11 is 0. The van der Waals surface area contributed by atoms with E-state index in [1.54, 1.807) is 0 Å². The van der Waals surface area contributed by atoms with Gasteiger partial charge in [-0.15, -0.1) is 0 Å². The molecule has 0 aromatic carbocycles. The van der Waals surface area contributed by atoms with E-state index < -0.39 is 0 Å². The zero-order valence-corrected chi connectivity index (χ0v) is 10.6. The van der Waals surface area contributed by atoms with Crippen molar-refractivity contribution >= 4 is 0 Å². The maximum atomic E-state index is 3.60. The lowest BCUT2D eigenvalue weighted by Crippen LogP contribution is -2.38. The smallest absolute Gasteiger partial charge is 0.0195 e. The summed E-state index contributed by atoms with van der Waals surface area (Å²) < 4.78 is 0. The Hall–Kier alpha value is -0.0800. The van der Waals surface area contributed by atoms with Crippen molar-refractivity contribution in [3.05, 3.63) is 0 Å². The van der Waals surface area contributed by atoms with Crippen LogP contribution in [0.5, 0.6) is 0 Å². The van der Waals surface area contributed by atoms with Gasteiger partial charge in [-0.2, -0.15) is 0 Å². The molecule has 1 heterocycles. The normalized spacial score (nSPS) is 21.4. The molecule has 0 amide bonds. The molecule has 2 heteroatoms. The molecule has 1 aliphatic heterocycles. The van der Waals surface area contributed by atoms with Crippen LogP contribution in [0.2, 0.25) is 0 Å². The summed E-state index contributed by atoms with van der Waals surface area (Å²) in [6.45, 7) is 9.68. The van der Waals surface area contributed by atoms with Crippen LogP contribution in [0, 0.1) is 0 Å². The van der Waals surface area contributed by atoms with Crippen LogP contribution in [-0.4, -0.2) is 37.1 Å². The van der Waals surface area contributed by atoms with E-state index in [-0.39, 0.29) is 0 Å². The molecular formula is C13H28N2. The van der Waals surface area contributed by atoms with E-state index in [1.807, 2.05) is 0 Å². The van der Waals surface area contributed by atoms with Crippen LogP contribution in [0.4, 0.5) is 0 Å². The van der Waals surface area contributed by atoms with Crippen LogP contribution < -0.4 is 5.32 Å². The van der Waals surface area contributed by atoms with E-state index in [0.29, 0.717) is 0 Å². The first-order valence-electron chi connectivity index (χ1n) is 6.82. The van der Waals surface area contributed by atoms with Gasteiger partial charge >= 0.3 is 0 Å². The molecule has 90 valence electrons. The number of nitrogens with one attached hydrogen (secondary N) is 1. The maximum Gasteiger partial charge on any atom is 0.0195 e. The molecule has 1 atom stereocenters. The second-order valence-electron chi connectivity index (χ2n) is 4.80. The predicted molar refractivity (Wildman–Crippen MR) is 67.3 cm³/mol. The van der Waals surface area contributed by atoms with Crippen molar-refractivity contribution in [2.24, 2.45) is 0 Å². The standard InChI is InChI=1S/C13H28N2/c1-3-5-10-15(11-6-4-2)12-13-8-7-9-14-13/h13-14H,3-12H2,1-2H3. The average Bonchev–Trinajstić information content (AvgIpc) is 2.74. The van der Waals surface area contributed by atoms with Gasteiger partial charge in [0.1, 0.15) is 0 Å². The second-order valence-corrected chi connectivity index (χ2v) is 4.80. The van der Waals surface area contributed by atoms with E-state index in [2.05, 4.69) is 24.1 Å². The maximum absolute atomic E-state index is 3.60. The van der Waals surface area contributed by atoms with Gasteiger partial charge in [-0.3, -0.25) is 0 Å². The Morgan fingerprint density at radius 2 is 1.80 bits per heavy atom. The highest BCUT2D eigenvalue weighted by Crippen LogP contribution is 2.08. The molecule has 0 aromatic heterocycles. The van der Waals surface area contributed by atoms with Gasteiger partial charge in [-0.05, 0) is 45.3 Å². The molecule has 0 radical (unpaired) electrons. The number of hydrogen-bond acceptors (Lipinski definition) is 2. The summed E-state index contributed by atoms with van der Waals surface area (Å²) in [5.41, 5.74) is 0. The number of unbranched alkanes of at least 4 members (excludes halogenated alkanes) is 2. The summed E-state index contributed by atoms with van der Waals surface area (Å²) in [5, 5.41) is 3.60. The highest BCUT2D eigenvalue weighted by atomic mass is 15.1. The SMILES string of the molecule is CCCCN(CCCC)CC1CCCN1. The van der Waals surface area contributed by atoms with Crippen molar-refractivity contribution in [1.82, 2.24) is 10.2 Å². The lowest BCUT2D eigenvalue weighted by atomic mass is 10.2. The van der Waals surface area contributed by atoms with E-state index in [1.165, 1.54) is 64.7 Å². The minimum absolute atomic E-state index is 0.777. The fourth-order valence-electron chi connectivity index (χ4n) is 2.28. The molecule has 1 aliphatic rings. The molecule has 0 saturated carbocycles. The largest absolute Gasteiger partial charge is 0.313 e. The summed E-state index contributed by atoms with van der Waals surface area (Å²) in [5.74, 6) is 0. The highest BCUT2D eigenvalue weighted by molar-refractivity contribution is 4.77. The Morgan fingerprint density at radius 3 is 2.27 bits per heavy atom. The van der Waals surface area contributed by atoms with Crippen molar-refractivity contribution in [1.29, 1.82) is 0 Å². The summed E-state index contributed by atoms with van der Waals surface area (Å²) in [7, 11) is 0. The molecular weight excluding hydrogens is 184 g/mol. The lowest BCUT2D eigenvalue weighted by Gasteiger charge is -2.25. The second kappa shape index (κ2) is 8.12. The van der Waals surface area contributed by atoms with Gasteiger partial charge in [-0.1, -0.05) is 26.7 Å². The fourth-order valence-corrected chi connectivity index (χ4v) is 2.28. The van der Waals surface area contributed by atoms with Gasteiger partial charge < -0.3 is 10.2 Å². The Bertz CT molecular complexity index is 133. The van der Waals surface area contributed by atoms with E-state index in [0.717, 1.165) is 6.04 Å². The third-order valence-corrected chi connectivity index (χ3v) is 3.30. The van der Waals surface area contributed by atoms with Crippen molar-refractivity contribution < 1.29 is 0 Å². The molecule has 1 N–H and O–H groups in total. The Morgan fingerprint density at radius 1 is 1.13 bits per heavy atom. The first-order chi connectivity index (χ1) is 7.36. The molecule has 1 rings (SSSR count). The van der Waals surface area contributed by atoms with Gasteiger partial charge in [-0.25, -0.2) is 0 Å². The topological polar surface area (TPSA) is 15.3 Å². The van der Waals surface area contributed by atoms with Crippen molar-refractivity contribution in [2.45, 2.75) is 58.4 Å². The van der Waals surface area contributed by atoms with Gasteiger partial charge in [0.05, 0.1) is 0 Å². The van der Waals surface area contributed by atoms with Crippen molar-refractivity contribution in [2.75, 3.05) is 26.2 Å². The van der Waals surface area contributed by atoms with E-state index >= 15 is 0 Å². The minimum Gasteiger partial charge on any atom is -0.313 e. The molecule has 1 unspecified atom stereocenters. The summed E-state index contributed by atoms with van der Waals surface area (Å²) in [6, 6.07) is 0.777. The molecule has 2 nitrogen and oxygen atoms in total. The van der Waals surface area contributed by atoms with Crippen molar-refractivity contribution in [3.8, 4) is 0 Å². The zero-order chi connectivity index (χ0) is 10.9. The van der Waals surface area contributed by atoms with Gasteiger partial charge in [0.15, 0.2) is 0 Å². The van der Waals surface area contributed by atoms with E-state index in [4.69, 9.17) is 0 Å². The monoisotopic (exact) mass is 212 g/mol. The molecule has 15 heavy (non-hydrogen) atoms. The van der Waals surface area contributed by atoms with Crippen LogP contribution in [0.15, 0.2) is 0 Å². The molecule has 1 saturated heterocycles. The van der Waals surface area contributed by atoms with Crippen LogP contribution in [0.3, 0.4) is 0 Å². The number of nitrogens with zero attached hydrogens (tertiary/aromatic N) is 1. The quantitative estimate of drug-likeness (QED) is 0.665. The Balaban J connectivity index is 2.19. The Labute approximate surface area is 95.4 Å². The molecule has 1 fully saturated rings. The fraction of sp³-hybridized carbons (Fsp3) is 1.00. The first kappa shape index (κ1) is 13.0. The number of hydrogen-bond donors (Lipinski definition) is 1. The van der Waals surface area contributed by atoms with Crippen LogP contribution in [0.25, 0.3) is 0 Å². The first-order valence-corrected chi connectivity index (χ1v) is 6.82. The van der Waals surface area contributed by atoms with E-state index in [9.17, 15) is 0 Å². The van der Waals surface area contributed by atoms with Gasteiger partial charge in [0, 0.05) is 12.6 Å². The van der Waals surface area contributed by atoms with Crippen molar-refractivity contribution in [3.63, 3.8) is 0 Å². The summed E-state index contributed by atoms with van der Waals surface area (Å²) in [6.07, 6.45) is 8.11. The third-order valence-electron chi connectivity index (χ3n) is 3.30. The van der Waals surface area contributed by atoms with Crippen LogP contribution in [-0.2, 0) is 0 Å². The average molecular weight is 212 g/mol. The number of rotatable bonds is 8. The van der Waals surface area contributed by atoms with Crippen LogP contribution >= 0.6 is 0 Å². The third kappa shape index (κ3) is 5.53.